The van der Waals surface area contributed by atoms with E-state index in [0.717, 1.165) is 18.4 Å². The molecule has 0 atom stereocenters. The smallest absolute Gasteiger partial charge is 0.0381 e. The zero-order valence-corrected chi connectivity index (χ0v) is 14.9. The third kappa shape index (κ3) is 4.00. The number of benzene rings is 1. The minimum atomic E-state index is 0.485. The number of rotatable bonds is 3. The van der Waals surface area contributed by atoms with Crippen molar-refractivity contribution >= 4 is 21.6 Å². The van der Waals surface area contributed by atoms with Crippen LogP contribution in [0.15, 0.2) is 22.7 Å². The van der Waals surface area contributed by atoms with E-state index in [0.29, 0.717) is 5.41 Å². The highest BCUT2D eigenvalue weighted by atomic mass is 79.9. The zero-order chi connectivity index (χ0) is 14.8. The molecule has 0 saturated heterocycles. The van der Waals surface area contributed by atoms with Gasteiger partial charge >= 0.3 is 0 Å². The maximum absolute atomic E-state index is 3.65. The van der Waals surface area contributed by atoms with Crippen molar-refractivity contribution in [2.24, 2.45) is 17.3 Å². The van der Waals surface area contributed by atoms with Crippen LogP contribution >= 0.6 is 15.9 Å². The van der Waals surface area contributed by atoms with Crippen LogP contribution in [0.3, 0.4) is 0 Å². The molecule has 0 heterocycles. The normalized spacial score (nSPS) is 23.6. The van der Waals surface area contributed by atoms with E-state index < -0.39 is 0 Å². The molecule has 0 spiro atoms. The predicted octanol–water partition coefficient (Wildman–Crippen LogP) is 6.02. The van der Waals surface area contributed by atoms with E-state index in [-0.39, 0.29) is 0 Å². The van der Waals surface area contributed by atoms with Crippen molar-refractivity contribution < 1.29 is 0 Å². The molecule has 0 bridgehead atoms. The lowest BCUT2D eigenvalue weighted by Crippen LogP contribution is -2.28. The van der Waals surface area contributed by atoms with Gasteiger partial charge in [-0.25, -0.2) is 0 Å². The lowest BCUT2D eigenvalue weighted by Gasteiger charge is -2.37. The molecule has 20 heavy (non-hydrogen) atoms. The largest absolute Gasteiger partial charge is 0.385 e. The maximum Gasteiger partial charge on any atom is 0.0381 e. The standard InChI is InChI=1S/C18H28BrN/c1-13-16(19)6-5-7-17(13)20-12-14-8-10-15(11-9-14)18(2,3)4/h5-7,14-15,20H,8-12H2,1-4H3. The molecule has 1 aliphatic rings. The van der Waals surface area contributed by atoms with Gasteiger partial charge in [0.1, 0.15) is 0 Å². The molecule has 1 N–H and O–H groups in total. The molecule has 0 radical (unpaired) electrons. The van der Waals surface area contributed by atoms with Gasteiger partial charge in [0.15, 0.2) is 0 Å². The Morgan fingerprint density at radius 2 is 1.80 bits per heavy atom. The van der Waals surface area contributed by atoms with Gasteiger partial charge in [-0.05, 0) is 67.6 Å². The van der Waals surface area contributed by atoms with Gasteiger partial charge in [-0.15, -0.1) is 0 Å². The Kier molecular flexibility index (Phi) is 5.17. The number of nitrogens with one attached hydrogen (secondary N) is 1. The monoisotopic (exact) mass is 337 g/mol. The Morgan fingerprint density at radius 3 is 2.40 bits per heavy atom. The van der Waals surface area contributed by atoms with Crippen LogP contribution in [0.4, 0.5) is 5.69 Å². The molecule has 1 nitrogen and oxygen atoms in total. The maximum atomic E-state index is 3.65. The molecule has 1 fully saturated rings. The summed E-state index contributed by atoms with van der Waals surface area (Å²) in [6, 6.07) is 6.39. The van der Waals surface area contributed by atoms with Gasteiger partial charge in [-0.2, -0.15) is 0 Å². The second-order valence-electron chi connectivity index (χ2n) is 7.38. The first kappa shape index (κ1) is 15.9. The van der Waals surface area contributed by atoms with E-state index in [4.69, 9.17) is 0 Å². The molecule has 112 valence electrons. The molecule has 0 aromatic heterocycles. The molecular weight excluding hydrogens is 310 g/mol. The molecule has 2 heteroatoms. The van der Waals surface area contributed by atoms with Crippen LogP contribution in [-0.2, 0) is 0 Å². The molecule has 1 aromatic carbocycles. The summed E-state index contributed by atoms with van der Waals surface area (Å²) in [6.07, 6.45) is 5.55. The van der Waals surface area contributed by atoms with E-state index >= 15 is 0 Å². The van der Waals surface area contributed by atoms with Crippen molar-refractivity contribution in [3.05, 3.63) is 28.2 Å². The quantitative estimate of drug-likeness (QED) is 0.710. The molecule has 1 aromatic rings. The van der Waals surface area contributed by atoms with Crippen LogP contribution in [0.2, 0.25) is 0 Å². The minimum Gasteiger partial charge on any atom is -0.385 e. The average Bonchev–Trinajstić information content (AvgIpc) is 2.40. The fraction of sp³-hybridized carbons (Fsp3) is 0.667. The van der Waals surface area contributed by atoms with Gasteiger partial charge in [0.2, 0.25) is 0 Å². The first-order valence-corrected chi connectivity index (χ1v) is 8.66. The summed E-state index contributed by atoms with van der Waals surface area (Å²) in [5.74, 6) is 1.75. The van der Waals surface area contributed by atoms with E-state index in [1.165, 1.54) is 41.4 Å². The number of halogens is 1. The van der Waals surface area contributed by atoms with Crippen LogP contribution in [-0.4, -0.2) is 6.54 Å². The Morgan fingerprint density at radius 1 is 1.15 bits per heavy atom. The highest BCUT2D eigenvalue weighted by Gasteiger charge is 2.29. The van der Waals surface area contributed by atoms with Crippen LogP contribution in [0.25, 0.3) is 0 Å². The van der Waals surface area contributed by atoms with Gasteiger partial charge in [0.25, 0.3) is 0 Å². The third-order valence-electron chi connectivity index (χ3n) is 4.92. The van der Waals surface area contributed by atoms with Crippen molar-refractivity contribution in [2.45, 2.75) is 53.4 Å². The fourth-order valence-corrected chi connectivity index (χ4v) is 3.65. The molecule has 1 aliphatic carbocycles. The van der Waals surface area contributed by atoms with Crippen LogP contribution < -0.4 is 5.32 Å². The molecule has 1 saturated carbocycles. The lowest BCUT2D eigenvalue weighted by atomic mass is 9.70. The van der Waals surface area contributed by atoms with Crippen LogP contribution in [0.1, 0.15) is 52.0 Å². The number of hydrogen-bond donors (Lipinski definition) is 1. The Labute approximate surface area is 132 Å². The fourth-order valence-electron chi connectivity index (χ4n) is 3.29. The van der Waals surface area contributed by atoms with E-state index in [9.17, 15) is 0 Å². The Hall–Kier alpha value is -0.500. The van der Waals surface area contributed by atoms with Crippen molar-refractivity contribution in [1.29, 1.82) is 0 Å². The zero-order valence-electron chi connectivity index (χ0n) is 13.3. The molecule has 0 amide bonds. The number of anilines is 1. The summed E-state index contributed by atoms with van der Waals surface area (Å²) in [6.45, 7) is 10.5. The second kappa shape index (κ2) is 6.51. The van der Waals surface area contributed by atoms with Crippen molar-refractivity contribution in [3.63, 3.8) is 0 Å². The van der Waals surface area contributed by atoms with Gasteiger partial charge in [0, 0.05) is 16.7 Å². The van der Waals surface area contributed by atoms with E-state index in [1.54, 1.807) is 0 Å². The Bertz CT molecular complexity index is 439. The van der Waals surface area contributed by atoms with Crippen molar-refractivity contribution in [1.82, 2.24) is 0 Å². The highest BCUT2D eigenvalue weighted by Crippen LogP contribution is 2.39. The summed E-state index contributed by atoms with van der Waals surface area (Å²) in [4.78, 5) is 0. The highest BCUT2D eigenvalue weighted by molar-refractivity contribution is 9.10. The summed E-state index contributed by atoms with van der Waals surface area (Å²) in [7, 11) is 0. The van der Waals surface area contributed by atoms with Crippen LogP contribution in [0, 0.1) is 24.2 Å². The molecule has 2 rings (SSSR count). The summed E-state index contributed by atoms with van der Waals surface area (Å²) >= 11 is 3.60. The summed E-state index contributed by atoms with van der Waals surface area (Å²) in [5.41, 5.74) is 3.08. The van der Waals surface area contributed by atoms with E-state index in [2.05, 4.69) is 67.1 Å². The molecule has 0 unspecified atom stereocenters. The molecule has 0 aliphatic heterocycles. The first-order chi connectivity index (χ1) is 9.38. The third-order valence-corrected chi connectivity index (χ3v) is 5.78. The van der Waals surface area contributed by atoms with Crippen molar-refractivity contribution in [2.75, 3.05) is 11.9 Å². The number of hydrogen-bond acceptors (Lipinski definition) is 1. The van der Waals surface area contributed by atoms with Gasteiger partial charge < -0.3 is 5.32 Å². The topological polar surface area (TPSA) is 12.0 Å². The lowest BCUT2D eigenvalue weighted by molar-refractivity contribution is 0.153. The Balaban J connectivity index is 1.83. The predicted molar refractivity (Wildman–Crippen MR) is 92.3 cm³/mol. The van der Waals surface area contributed by atoms with Gasteiger partial charge in [-0.3, -0.25) is 0 Å². The van der Waals surface area contributed by atoms with Crippen LogP contribution in [0.5, 0.6) is 0 Å². The van der Waals surface area contributed by atoms with Gasteiger partial charge in [-0.1, -0.05) is 42.8 Å². The second-order valence-corrected chi connectivity index (χ2v) is 8.23. The van der Waals surface area contributed by atoms with Gasteiger partial charge in [0.05, 0.1) is 0 Å². The SMILES string of the molecule is Cc1c(Br)cccc1NCC1CCC(C(C)(C)C)CC1. The van der Waals surface area contributed by atoms with Crippen molar-refractivity contribution in [3.8, 4) is 0 Å². The summed E-state index contributed by atoms with van der Waals surface area (Å²) in [5, 5.41) is 3.65. The van der Waals surface area contributed by atoms with E-state index in [1.807, 2.05) is 0 Å². The minimum absolute atomic E-state index is 0.485. The average molecular weight is 338 g/mol. The first-order valence-electron chi connectivity index (χ1n) is 7.87. The summed E-state index contributed by atoms with van der Waals surface area (Å²) < 4.78 is 1.19. The molecular formula is C18H28BrN.